The van der Waals surface area contributed by atoms with E-state index in [2.05, 4.69) is 15.3 Å². The van der Waals surface area contributed by atoms with Gasteiger partial charge >= 0.3 is 0 Å². The highest BCUT2D eigenvalue weighted by Crippen LogP contribution is 2.28. The number of para-hydroxylation sites is 1. The number of thiazole rings is 1. The van der Waals surface area contributed by atoms with Gasteiger partial charge in [0.05, 0.1) is 11.5 Å². The molecule has 0 aliphatic carbocycles. The Balaban J connectivity index is 1.99. The summed E-state index contributed by atoms with van der Waals surface area (Å²) < 4.78 is 0. The molecule has 3 aromatic rings. The molecule has 2 heterocycles. The van der Waals surface area contributed by atoms with Crippen molar-refractivity contribution in [1.29, 1.82) is 0 Å². The number of pyridine rings is 1. The van der Waals surface area contributed by atoms with Gasteiger partial charge in [0.1, 0.15) is 10.5 Å². The van der Waals surface area contributed by atoms with Crippen LogP contribution in [-0.4, -0.2) is 14.9 Å². The lowest BCUT2D eigenvalue weighted by molar-refractivity contribution is -0.383. The fourth-order valence-corrected chi connectivity index (χ4v) is 2.53. The van der Waals surface area contributed by atoms with Crippen LogP contribution in [0, 0.1) is 10.1 Å². The van der Waals surface area contributed by atoms with Crippen LogP contribution in [0.3, 0.4) is 0 Å². The highest BCUT2D eigenvalue weighted by Gasteiger charge is 2.14. The van der Waals surface area contributed by atoms with Crippen molar-refractivity contribution in [2.24, 2.45) is 0 Å². The van der Waals surface area contributed by atoms with E-state index in [0.717, 1.165) is 16.1 Å². The van der Waals surface area contributed by atoms with Crippen LogP contribution in [0.1, 0.15) is 5.01 Å². The SMILES string of the molecule is O=[N+]([O-])c1cccc2c(NCc3nccs3)ccnc12. The largest absolute Gasteiger partial charge is 0.378 e. The van der Waals surface area contributed by atoms with Gasteiger partial charge in [-0.3, -0.25) is 10.1 Å². The first-order valence-electron chi connectivity index (χ1n) is 5.90. The molecule has 2 aromatic heterocycles. The lowest BCUT2D eigenvalue weighted by Gasteiger charge is -2.07. The first-order valence-corrected chi connectivity index (χ1v) is 6.78. The van der Waals surface area contributed by atoms with E-state index in [0.29, 0.717) is 12.1 Å². The van der Waals surface area contributed by atoms with E-state index in [4.69, 9.17) is 0 Å². The highest BCUT2D eigenvalue weighted by molar-refractivity contribution is 7.09. The molecule has 0 spiro atoms. The molecular formula is C13H10N4O2S. The third-order valence-corrected chi connectivity index (χ3v) is 3.64. The maximum atomic E-state index is 11.0. The van der Waals surface area contributed by atoms with Gasteiger partial charge in [0.15, 0.2) is 0 Å². The molecule has 6 nitrogen and oxygen atoms in total. The minimum atomic E-state index is -0.417. The Morgan fingerprint density at radius 2 is 2.15 bits per heavy atom. The van der Waals surface area contributed by atoms with Crippen LogP contribution in [0.25, 0.3) is 10.9 Å². The van der Waals surface area contributed by atoms with Gasteiger partial charge in [-0.25, -0.2) is 9.97 Å². The van der Waals surface area contributed by atoms with Crippen molar-refractivity contribution >= 4 is 33.6 Å². The third-order valence-electron chi connectivity index (χ3n) is 2.86. The maximum Gasteiger partial charge on any atom is 0.295 e. The summed E-state index contributed by atoms with van der Waals surface area (Å²) in [5.41, 5.74) is 1.22. The Bertz CT molecular complexity index is 758. The zero-order valence-electron chi connectivity index (χ0n) is 10.3. The van der Waals surface area contributed by atoms with E-state index < -0.39 is 4.92 Å². The summed E-state index contributed by atoms with van der Waals surface area (Å²) in [6.45, 7) is 0.583. The molecule has 0 saturated carbocycles. The van der Waals surface area contributed by atoms with Gasteiger partial charge < -0.3 is 5.32 Å². The minimum absolute atomic E-state index is 0.0143. The van der Waals surface area contributed by atoms with E-state index in [9.17, 15) is 10.1 Å². The van der Waals surface area contributed by atoms with E-state index in [-0.39, 0.29) is 5.69 Å². The van der Waals surface area contributed by atoms with Gasteiger partial charge in [0.2, 0.25) is 0 Å². The predicted molar refractivity (Wildman–Crippen MR) is 77.8 cm³/mol. The van der Waals surface area contributed by atoms with Crippen LogP contribution in [0.4, 0.5) is 11.4 Å². The fourth-order valence-electron chi connectivity index (χ4n) is 1.97. The summed E-state index contributed by atoms with van der Waals surface area (Å²) in [6.07, 6.45) is 3.32. The highest BCUT2D eigenvalue weighted by atomic mass is 32.1. The Labute approximate surface area is 118 Å². The normalized spacial score (nSPS) is 10.6. The number of nitro benzene ring substituents is 1. The molecule has 0 bridgehead atoms. The number of non-ortho nitro benzene ring substituents is 1. The van der Waals surface area contributed by atoms with Crippen molar-refractivity contribution < 1.29 is 4.92 Å². The number of hydrogen-bond acceptors (Lipinski definition) is 6. The monoisotopic (exact) mass is 286 g/mol. The average molecular weight is 286 g/mol. The second-order valence-electron chi connectivity index (χ2n) is 4.07. The number of nitro groups is 1. The molecule has 0 atom stereocenters. The Hall–Kier alpha value is -2.54. The van der Waals surface area contributed by atoms with Gasteiger partial charge in [-0.2, -0.15) is 0 Å². The van der Waals surface area contributed by atoms with Crippen LogP contribution < -0.4 is 5.32 Å². The Kier molecular flexibility index (Phi) is 3.26. The average Bonchev–Trinajstić information content (AvgIpc) is 2.97. The summed E-state index contributed by atoms with van der Waals surface area (Å²) in [6, 6.07) is 6.75. The third kappa shape index (κ3) is 2.30. The van der Waals surface area contributed by atoms with Crippen LogP contribution in [-0.2, 0) is 6.54 Å². The molecule has 0 aliphatic heterocycles. The van der Waals surface area contributed by atoms with Crippen LogP contribution >= 0.6 is 11.3 Å². The molecule has 0 radical (unpaired) electrons. The van der Waals surface area contributed by atoms with Crippen LogP contribution in [0.2, 0.25) is 0 Å². The summed E-state index contributed by atoms with van der Waals surface area (Å²) >= 11 is 1.56. The summed E-state index contributed by atoms with van der Waals surface area (Å²) in [4.78, 5) is 18.9. The maximum absolute atomic E-state index is 11.0. The zero-order valence-corrected chi connectivity index (χ0v) is 11.1. The second-order valence-corrected chi connectivity index (χ2v) is 5.05. The lowest BCUT2D eigenvalue weighted by atomic mass is 10.1. The van der Waals surface area contributed by atoms with Crippen molar-refractivity contribution in [1.82, 2.24) is 9.97 Å². The number of aromatic nitrogens is 2. The molecule has 0 amide bonds. The van der Waals surface area contributed by atoms with Crippen LogP contribution in [0.15, 0.2) is 42.0 Å². The molecule has 3 rings (SSSR count). The van der Waals surface area contributed by atoms with E-state index in [1.165, 1.54) is 6.07 Å². The number of benzene rings is 1. The summed E-state index contributed by atoms with van der Waals surface area (Å²) in [7, 11) is 0. The molecular weight excluding hydrogens is 276 g/mol. The minimum Gasteiger partial charge on any atom is -0.378 e. The van der Waals surface area contributed by atoms with E-state index >= 15 is 0 Å². The van der Waals surface area contributed by atoms with Crippen molar-refractivity contribution in [3.05, 3.63) is 57.2 Å². The smallest absolute Gasteiger partial charge is 0.295 e. The quantitative estimate of drug-likeness (QED) is 0.588. The summed E-state index contributed by atoms with van der Waals surface area (Å²) in [5, 5.41) is 17.9. The first kappa shape index (κ1) is 12.5. The van der Waals surface area contributed by atoms with E-state index in [1.807, 2.05) is 11.4 Å². The number of nitrogens with one attached hydrogen (secondary N) is 1. The number of hydrogen-bond donors (Lipinski definition) is 1. The van der Waals surface area contributed by atoms with Gasteiger partial charge in [0.25, 0.3) is 5.69 Å². The fraction of sp³-hybridized carbons (Fsp3) is 0.0769. The summed E-state index contributed by atoms with van der Waals surface area (Å²) in [5.74, 6) is 0. The van der Waals surface area contributed by atoms with Gasteiger partial charge in [0, 0.05) is 34.9 Å². The first-order chi connectivity index (χ1) is 9.75. The van der Waals surface area contributed by atoms with Crippen molar-refractivity contribution in [3.8, 4) is 0 Å². The van der Waals surface area contributed by atoms with Crippen LogP contribution in [0.5, 0.6) is 0 Å². The molecule has 0 fully saturated rings. The van der Waals surface area contributed by atoms with Gasteiger partial charge in [-0.1, -0.05) is 12.1 Å². The topological polar surface area (TPSA) is 81.0 Å². The molecule has 0 saturated heterocycles. The molecule has 7 heteroatoms. The number of fused-ring (bicyclic) bond motifs is 1. The van der Waals surface area contributed by atoms with E-state index in [1.54, 1.807) is 35.9 Å². The second kappa shape index (κ2) is 5.22. The Morgan fingerprint density at radius 1 is 1.25 bits per heavy atom. The lowest BCUT2D eigenvalue weighted by Crippen LogP contribution is -2.00. The Morgan fingerprint density at radius 3 is 2.90 bits per heavy atom. The number of rotatable bonds is 4. The molecule has 20 heavy (non-hydrogen) atoms. The standard InChI is InChI=1S/C13H10N4O2S/c18-17(19)11-3-1-2-9-10(4-5-15-13(9)11)16-8-12-14-6-7-20-12/h1-7H,8H2,(H,15,16). The van der Waals surface area contributed by atoms with Crippen molar-refractivity contribution in [2.45, 2.75) is 6.54 Å². The molecule has 1 N–H and O–H groups in total. The van der Waals surface area contributed by atoms with Gasteiger partial charge in [-0.15, -0.1) is 11.3 Å². The number of anilines is 1. The molecule has 0 unspecified atom stereocenters. The molecule has 0 aliphatic rings. The molecule has 1 aromatic carbocycles. The predicted octanol–water partition coefficient (Wildman–Crippen LogP) is 3.21. The number of nitrogens with zero attached hydrogens (tertiary/aromatic N) is 3. The van der Waals surface area contributed by atoms with Crippen molar-refractivity contribution in [3.63, 3.8) is 0 Å². The van der Waals surface area contributed by atoms with Crippen molar-refractivity contribution in [2.75, 3.05) is 5.32 Å². The molecule has 100 valence electrons. The zero-order chi connectivity index (χ0) is 13.9. The van der Waals surface area contributed by atoms with Gasteiger partial charge in [-0.05, 0) is 6.07 Å².